The highest BCUT2D eigenvalue weighted by atomic mass is 35.5. The van der Waals surface area contributed by atoms with Crippen LogP contribution in [-0.2, 0) is 4.74 Å². The Bertz CT molecular complexity index is 498. The fraction of sp³-hybridized carbons (Fsp3) is 0.500. The van der Waals surface area contributed by atoms with Crippen LogP contribution in [0, 0.1) is 21.8 Å². The van der Waals surface area contributed by atoms with Crippen molar-refractivity contribution in [2.75, 3.05) is 18.5 Å². The molecule has 1 heterocycles. The van der Waals surface area contributed by atoms with Crippen LogP contribution >= 0.6 is 11.6 Å². The van der Waals surface area contributed by atoms with Crippen LogP contribution in [0.15, 0.2) is 12.1 Å². The summed E-state index contributed by atoms with van der Waals surface area (Å²) in [5.74, 6) is -0.413. The molecule has 2 rings (SSSR count). The van der Waals surface area contributed by atoms with Gasteiger partial charge in [-0.2, -0.15) is 0 Å². The third-order valence-corrected chi connectivity index (χ3v) is 3.61. The quantitative estimate of drug-likeness (QED) is 0.682. The monoisotopic (exact) mass is 288 g/mol. The molecule has 2 atom stereocenters. The Morgan fingerprint density at radius 1 is 1.63 bits per heavy atom. The van der Waals surface area contributed by atoms with E-state index in [0.29, 0.717) is 13.2 Å². The number of anilines is 1. The van der Waals surface area contributed by atoms with Crippen LogP contribution < -0.4 is 5.32 Å². The topological polar surface area (TPSA) is 64.4 Å². The summed E-state index contributed by atoms with van der Waals surface area (Å²) in [7, 11) is 0. The number of hydrogen-bond acceptors (Lipinski definition) is 4. The van der Waals surface area contributed by atoms with Crippen molar-refractivity contribution in [3.63, 3.8) is 0 Å². The lowest BCUT2D eigenvalue weighted by Gasteiger charge is -2.15. The van der Waals surface area contributed by atoms with Crippen LogP contribution in [0.2, 0.25) is 5.02 Å². The van der Waals surface area contributed by atoms with Gasteiger partial charge >= 0.3 is 0 Å². The lowest BCUT2D eigenvalue weighted by molar-refractivity contribution is -0.384. The molecule has 1 N–H and O–H groups in total. The van der Waals surface area contributed by atoms with Crippen LogP contribution in [0.1, 0.15) is 13.3 Å². The molecule has 0 bridgehead atoms. The average Bonchev–Trinajstić information content (AvgIpc) is 2.75. The van der Waals surface area contributed by atoms with Crippen molar-refractivity contribution in [3.05, 3.63) is 33.1 Å². The van der Waals surface area contributed by atoms with Crippen molar-refractivity contribution < 1.29 is 14.1 Å². The van der Waals surface area contributed by atoms with Crippen LogP contribution in [0.4, 0.5) is 15.8 Å². The Morgan fingerprint density at radius 2 is 2.37 bits per heavy atom. The fourth-order valence-electron chi connectivity index (χ4n) is 2.11. The van der Waals surface area contributed by atoms with E-state index >= 15 is 0 Å². The largest absolute Gasteiger partial charge is 0.379 e. The molecule has 104 valence electrons. The van der Waals surface area contributed by atoms with Gasteiger partial charge in [0, 0.05) is 31.2 Å². The molecule has 2 unspecified atom stereocenters. The predicted octanol–water partition coefficient (Wildman–Crippen LogP) is 3.22. The predicted molar refractivity (Wildman–Crippen MR) is 70.1 cm³/mol. The second-order valence-electron chi connectivity index (χ2n) is 4.55. The molecule has 1 saturated heterocycles. The highest BCUT2D eigenvalue weighted by Crippen LogP contribution is 2.31. The fourth-order valence-corrected chi connectivity index (χ4v) is 2.27. The van der Waals surface area contributed by atoms with Gasteiger partial charge in [0.1, 0.15) is 11.5 Å². The van der Waals surface area contributed by atoms with Crippen molar-refractivity contribution in [1.82, 2.24) is 0 Å². The van der Waals surface area contributed by atoms with E-state index in [1.807, 2.05) is 6.92 Å². The SMILES string of the molecule is CC1OCCC1CNc1cc(F)c(Cl)cc1[N+](=O)[O-]. The van der Waals surface area contributed by atoms with Gasteiger partial charge in [0.2, 0.25) is 0 Å². The molecule has 0 amide bonds. The number of ether oxygens (including phenoxy) is 1. The third-order valence-electron chi connectivity index (χ3n) is 3.32. The van der Waals surface area contributed by atoms with Gasteiger partial charge in [-0.15, -0.1) is 0 Å². The normalized spacial score (nSPS) is 22.5. The number of rotatable bonds is 4. The molecule has 19 heavy (non-hydrogen) atoms. The van der Waals surface area contributed by atoms with E-state index in [0.717, 1.165) is 18.6 Å². The minimum absolute atomic E-state index is 0.101. The molecule has 1 fully saturated rings. The van der Waals surface area contributed by atoms with E-state index in [1.54, 1.807) is 0 Å². The van der Waals surface area contributed by atoms with Gasteiger partial charge in [-0.3, -0.25) is 10.1 Å². The van der Waals surface area contributed by atoms with Crippen molar-refractivity contribution in [2.45, 2.75) is 19.4 Å². The van der Waals surface area contributed by atoms with Gasteiger partial charge in [-0.25, -0.2) is 4.39 Å². The number of nitro benzene ring substituents is 1. The third kappa shape index (κ3) is 3.13. The zero-order valence-electron chi connectivity index (χ0n) is 10.4. The molecule has 1 aromatic rings. The smallest absolute Gasteiger partial charge is 0.294 e. The van der Waals surface area contributed by atoms with E-state index in [2.05, 4.69) is 5.32 Å². The number of halogens is 2. The van der Waals surface area contributed by atoms with Gasteiger partial charge in [-0.1, -0.05) is 11.6 Å². The molecule has 0 aromatic heterocycles. The first kappa shape index (κ1) is 14.0. The lowest BCUT2D eigenvalue weighted by Crippen LogP contribution is -2.21. The van der Waals surface area contributed by atoms with Crippen molar-refractivity contribution in [2.24, 2.45) is 5.92 Å². The Hall–Kier alpha value is -1.40. The molecule has 0 saturated carbocycles. The molecule has 0 spiro atoms. The standard InChI is InChI=1S/C12H14ClFN2O3/c1-7-8(2-3-19-7)6-15-11-5-10(14)9(13)4-12(11)16(17)18/h4-5,7-8,15H,2-3,6H2,1H3. The number of nitrogens with one attached hydrogen (secondary N) is 1. The van der Waals surface area contributed by atoms with Crippen LogP contribution in [-0.4, -0.2) is 24.2 Å². The Balaban J connectivity index is 2.14. The summed E-state index contributed by atoms with van der Waals surface area (Å²) in [6, 6.07) is 2.08. The average molecular weight is 289 g/mol. The maximum absolute atomic E-state index is 13.4. The summed E-state index contributed by atoms with van der Waals surface area (Å²) >= 11 is 5.55. The van der Waals surface area contributed by atoms with Crippen LogP contribution in [0.5, 0.6) is 0 Å². The van der Waals surface area contributed by atoms with E-state index < -0.39 is 10.7 Å². The first-order valence-corrected chi connectivity index (χ1v) is 6.35. The van der Waals surface area contributed by atoms with Gasteiger partial charge < -0.3 is 10.1 Å². The van der Waals surface area contributed by atoms with Gasteiger partial charge in [0.05, 0.1) is 16.0 Å². The van der Waals surface area contributed by atoms with Crippen molar-refractivity contribution >= 4 is 23.0 Å². The molecular formula is C12H14ClFN2O3. The maximum Gasteiger partial charge on any atom is 0.294 e. The van der Waals surface area contributed by atoms with E-state index in [9.17, 15) is 14.5 Å². The zero-order chi connectivity index (χ0) is 14.0. The summed E-state index contributed by atoms with van der Waals surface area (Å²) in [6.45, 7) is 3.14. The number of nitro groups is 1. The number of nitrogens with zero attached hydrogens (tertiary/aromatic N) is 1. The maximum atomic E-state index is 13.4. The summed E-state index contributed by atoms with van der Waals surface area (Å²) < 4.78 is 18.8. The summed E-state index contributed by atoms with van der Waals surface area (Å²) in [4.78, 5) is 10.3. The first-order valence-electron chi connectivity index (χ1n) is 5.98. The molecule has 7 heteroatoms. The Morgan fingerprint density at radius 3 is 2.95 bits per heavy atom. The highest BCUT2D eigenvalue weighted by Gasteiger charge is 2.25. The minimum atomic E-state index is -0.675. The minimum Gasteiger partial charge on any atom is -0.379 e. The second-order valence-corrected chi connectivity index (χ2v) is 4.95. The zero-order valence-corrected chi connectivity index (χ0v) is 11.1. The Kier molecular flexibility index (Phi) is 4.21. The number of benzene rings is 1. The molecule has 1 aliphatic rings. The molecule has 1 aliphatic heterocycles. The second kappa shape index (κ2) is 5.71. The van der Waals surface area contributed by atoms with Gasteiger partial charge in [0.25, 0.3) is 5.69 Å². The van der Waals surface area contributed by atoms with Gasteiger partial charge in [-0.05, 0) is 13.3 Å². The summed E-state index contributed by atoms with van der Waals surface area (Å²) in [5, 5.41) is 13.6. The number of hydrogen-bond donors (Lipinski definition) is 1. The van der Waals surface area contributed by atoms with Crippen LogP contribution in [0.25, 0.3) is 0 Å². The van der Waals surface area contributed by atoms with E-state index in [-0.39, 0.29) is 28.4 Å². The lowest BCUT2D eigenvalue weighted by atomic mass is 10.0. The molecular weight excluding hydrogens is 275 g/mol. The molecule has 1 aromatic carbocycles. The van der Waals surface area contributed by atoms with E-state index in [4.69, 9.17) is 16.3 Å². The van der Waals surface area contributed by atoms with E-state index in [1.165, 1.54) is 0 Å². The van der Waals surface area contributed by atoms with Crippen LogP contribution in [0.3, 0.4) is 0 Å². The molecule has 0 radical (unpaired) electrons. The highest BCUT2D eigenvalue weighted by molar-refractivity contribution is 6.31. The van der Waals surface area contributed by atoms with Crippen molar-refractivity contribution in [1.29, 1.82) is 0 Å². The first-order chi connectivity index (χ1) is 8.99. The Labute approximate surface area is 114 Å². The molecule has 5 nitrogen and oxygen atoms in total. The molecule has 0 aliphatic carbocycles. The summed E-state index contributed by atoms with van der Waals surface area (Å²) in [5.41, 5.74) is -0.0797. The summed E-state index contributed by atoms with van der Waals surface area (Å²) in [6.07, 6.45) is 0.988. The van der Waals surface area contributed by atoms with Gasteiger partial charge in [0.15, 0.2) is 0 Å². The van der Waals surface area contributed by atoms with Crippen molar-refractivity contribution in [3.8, 4) is 0 Å².